The first kappa shape index (κ1) is 26.7. The standard InChI is InChI=1S/C26H21F3N4O4/c1-37-23-13-21(32-24(35)11-4-16-2-7-20(8-3-16)26(27,28)29)9-5-18(23)15-31-33-25(36)17-6-10-22(34)19(12-17)14-30/h2-3,5-10,12-13,15,34H,4,11H2,1H3,(H,32,35)(H,33,36). The number of hydrogen-bond donors (Lipinski definition) is 3. The predicted octanol–water partition coefficient (Wildman–Crippen LogP) is 4.63. The van der Waals surface area contributed by atoms with Gasteiger partial charge in [-0.05, 0) is 54.4 Å². The van der Waals surface area contributed by atoms with Crippen molar-refractivity contribution in [3.05, 3.63) is 88.5 Å². The first-order valence-corrected chi connectivity index (χ1v) is 10.8. The van der Waals surface area contributed by atoms with E-state index in [1.165, 1.54) is 43.7 Å². The molecule has 11 heteroatoms. The van der Waals surface area contributed by atoms with Crippen LogP contribution in [0.5, 0.6) is 11.5 Å². The Kier molecular flexibility index (Phi) is 8.47. The summed E-state index contributed by atoms with van der Waals surface area (Å²) >= 11 is 0. The van der Waals surface area contributed by atoms with Gasteiger partial charge in [-0.15, -0.1) is 0 Å². The minimum absolute atomic E-state index is 0.0460. The van der Waals surface area contributed by atoms with E-state index in [1.807, 2.05) is 0 Å². The zero-order chi connectivity index (χ0) is 27.0. The van der Waals surface area contributed by atoms with Crippen molar-refractivity contribution < 1.29 is 32.6 Å². The highest BCUT2D eigenvalue weighted by atomic mass is 19.4. The number of rotatable bonds is 8. The monoisotopic (exact) mass is 510 g/mol. The van der Waals surface area contributed by atoms with Gasteiger partial charge in [0.25, 0.3) is 5.91 Å². The number of hydrazone groups is 1. The van der Waals surface area contributed by atoms with Gasteiger partial charge in [0.1, 0.15) is 17.6 Å². The lowest BCUT2D eigenvalue weighted by atomic mass is 10.1. The molecule has 0 bridgehead atoms. The Labute approximate surface area is 210 Å². The molecule has 0 aliphatic carbocycles. The van der Waals surface area contributed by atoms with Gasteiger partial charge in [0.2, 0.25) is 5.91 Å². The molecule has 37 heavy (non-hydrogen) atoms. The maximum Gasteiger partial charge on any atom is 0.416 e. The van der Waals surface area contributed by atoms with E-state index in [1.54, 1.807) is 24.3 Å². The van der Waals surface area contributed by atoms with Crippen LogP contribution in [-0.4, -0.2) is 30.2 Å². The highest BCUT2D eigenvalue weighted by molar-refractivity contribution is 5.96. The van der Waals surface area contributed by atoms with Gasteiger partial charge in [-0.2, -0.15) is 23.5 Å². The van der Waals surface area contributed by atoms with Crippen LogP contribution < -0.4 is 15.5 Å². The molecule has 0 heterocycles. The van der Waals surface area contributed by atoms with E-state index in [4.69, 9.17) is 10.00 Å². The first-order valence-electron chi connectivity index (χ1n) is 10.8. The van der Waals surface area contributed by atoms with Crippen LogP contribution in [-0.2, 0) is 17.4 Å². The molecule has 3 aromatic rings. The van der Waals surface area contributed by atoms with E-state index in [9.17, 15) is 27.9 Å². The van der Waals surface area contributed by atoms with Crippen molar-refractivity contribution in [1.82, 2.24) is 5.43 Å². The lowest BCUT2D eigenvalue weighted by Gasteiger charge is -2.10. The minimum Gasteiger partial charge on any atom is -0.507 e. The number of hydrogen-bond acceptors (Lipinski definition) is 6. The van der Waals surface area contributed by atoms with E-state index in [0.717, 1.165) is 12.1 Å². The molecule has 0 atom stereocenters. The molecular formula is C26H21F3N4O4. The van der Waals surface area contributed by atoms with Gasteiger partial charge in [-0.1, -0.05) is 12.1 Å². The zero-order valence-corrected chi connectivity index (χ0v) is 19.5. The Hall–Kier alpha value is -4.85. The maximum absolute atomic E-state index is 12.7. The van der Waals surface area contributed by atoms with Crippen LogP contribution >= 0.6 is 0 Å². The number of phenolic OH excluding ortho intramolecular Hbond substituents is 1. The van der Waals surface area contributed by atoms with E-state index in [-0.39, 0.29) is 35.6 Å². The largest absolute Gasteiger partial charge is 0.507 e. The summed E-state index contributed by atoms with van der Waals surface area (Å²) in [5.41, 5.74) is 3.18. The molecule has 3 rings (SSSR count). The molecule has 0 aromatic heterocycles. The number of benzene rings is 3. The van der Waals surface area contributed by atoms with Crippen molar-refractivity contribution in [3.63, 3.8) is 0 Å². The Morgan fingerprint density at radius 2 is 1.84 bits per heavy atom. The number of methoxy groups -OCH3 is 1. The number of anilines is 1. The Balaban J connectivity index is 1.57. The van der Waals surface area contributed by atoms with Crippen LogP contribution in [0, 0.1) is 11.3 Å². The molecule has 0 aliphatic heterocycles. The molecular weight excluding hydrogens is 489 g/mol. The number of phenols is 1. The molecule has 0 aliphatic rings. The normalized spacial score (nSPS) is 11.1. The number of alkyl halides is 3. The maximum atomic E-state index is 12.7. The van der Waals surface area contributed by atoms with Crippen molar-refractivity contribution in [2.24, 2.45) is 5.10 Å². The Morgan fingerprint density at radius 3 is 2.49 bits per heavy atom. The lowest BCUT2D eigenvalue weighted by molar-refractivity contribution is -0.137. The van der Waals surface area contributed by atoms with E-state index in [0.29, 0.717) is 22.6 Å². The van der Waals surface area contributed by atoms with Crippen LogP contribution in [0.15, 0.2) is 65.8 Å². The third-order valence-electron chi connectivity index (χ3n) is 5.19. The molecule has 0 saturated carbocycles. The first-order chi connectivity index (χ1) is 17.6. The molecule has 3 N–H and O–H groups in total. The number of carbonyl (C=O) groups excluding carboxylic acids is 2. The second-order valence-corrected chi connectivity index (χ2v) is 7.74. The van der Waals surface area contributed by atoms with Gasteiger partial charge in [0, 0.05) is 29.3 Å². The lowest BCUT2D eigenvalue weighted by Crippen LogP contribution is -2.17. The van der Waals surface area contributed by atoms with E-state index >= 15 is 0 Å². The molecule has 0 unspecified atom stereocenters. The van der Waals surface area contributed by atoms with Crippen molar-refractivity contribution >= 4 is 23.7 Å². The van der Waals surface area contributed by atoms with Gasteiger partial charge >= 0.3 is 6.18 Å². The summed E-state index contributed by atoms with van der Waals surface area (Å²) in [5, 5.41) is 25.1. The molecule has 3 aromatic carbocycles. The summed E-state index contributed by atoms with van der Waals surface area (Å²) in [6.45, 7) is 0. The zero-order valence-electron chi connectivity index (χ0n) is 19.5. The summed E-state index contributed by atoms with van der Waals surface area (Å²) in [6.07, 6.45) is -2.75. The third kappa shape index (κ3) is 7.32. The molecule has 0 radical (unpaired) electrons. The van der Waals surface area contributed by atoms with Crippen molar-refractivity contribution in [2.45, 2.75) is 19.0 Å². The second-order valence-electron chi connectivity index (χ2n) is 7.74. The number of carbonyl (C=O) groups is 2. The average molecular weight is 510 g/mol. The molecule has 8 nitrogen and oxygen atoms in total. The summed E-state index contributed by atoms with van der Waals surface area (Å²) in [4.78, 5) is 24.5. The number of ether oxygens (including phenoxy) is 1. The van der Waals surface area contributed by atoms with Crippen molar-refractivity contribution in [2.75, 3.05) is 12.4 Å². The number of aryl methyl sites for hydroxylation is 1. The fourth-order valence-corrected chi connectivity index (χ4v) is 3.23. The molecule has 190 valence electrons. The van der Waals surface area contributed by atoms with Crippen molar-refractivity contribution in [3.8, 4) is 17.6 Å². The number of amides is 2. The number of aromatic hydroxyl groups is 1. The second kappa shape index (κ2) is 11.7. The van der Waals surface area contributed by atoms with Crippen LogP contribution in [0.1, 0.15) is 39.0 Å². The van der Waals surface area contributed by atoms with Gasteiger partial charge in [0.05, 0.1) is 24.5 Å². The summed E-state index contributed by atoms with van der Waals surface area (Å²) in [6, 6.07) is 15.0. The van der Waals surface area contributed by atoms with Crippen LogP contribution in [0.25, 0.3) is 0 Å². The fraction of sp³-hybridized carbons (Fsp3) is 0.154. The highest BCUT2D eigenvalue weighted by Crippen LogP contribution is 2.29. The summed E-state index contributed by atoms with van der Waals surface area (Å²) < 4.78 is 43.3. The highest BCUT2D eigenvalue weighted by Gasteiger charge is 2.29. The molecule has 0 fully saturated rings. The fourth-order valence-electron chi connectivity index (χ4n) is 3.23. The Morgan fingerprint density at radius 1 is 1.11 bits per heavy atom. The Bertz CT molecular complexity index is 1360. The summed E-state index contributed by atoms with van der Waals surface area (Å²) in [7, 11) is 1.42. The summed E-state index contributed by atoms with van der Waals surface area (Å²) in [5.74, 6) is -0.807. The van der Waals surface area contributed by atoms with Crippen LogP contribution in [0.3, 0.4) is 0 Å². The van der Waals surface area contributed by atoms with Gasteiger partial charge in [-0.25, -0.2) is 5.43 Å². The minimum atomic E-state index is -4.41. The number of nitriles is 1. The van der Waals surface area contributed by atoms with Gasteiger partial charge < -0.3 is 15.2 Å². The number of nitrogens with one attached hydrogen (secondary N) is 2. The SMILES string of the molecule is COc1cc(NC(=O)CCc2ccc(C(F)(F)F)cc2)ccc1C=NNC(=O)c1ccc(O)c(C#N)c1. The molecule has 2 amide bonds. The van der Waals surface area contributed by atoms with Crippen LogP contribution in [0.2, 0.25) is 0 Å². The number of halogens is 3. The van der Waals surface area contributed by atoms with Crippen LogP contribution in [0.4, 0.5) is 18.9 Å². The topological polar surface area (TPSA) is 124 Å². The van der Waals surface area contributed by atoms with E-state index in [2.05, 4.69) is 15.8 Å². The predicted molar refractivity (Wildman–Crippen MR) is 129 cm³/mol. The smallest absolute Gasteiger partial charge is 0.416 e. The van der Waals surface area contributed by atoms with Crippen molar-refractivity contribution in [1.29, 1.82) is 5.26 Å². The van der Waals surface area contributed by atoms with Gasteiger partial charge in [0.15, 0.2) is 0 Å². The van der Waals surface area contributed by atoms with Gasteiger partial charge in [-0.3, -0.25) is 9.59 Å². The molecule has 0 saturated heterocycles. The quantitative estimate of drug-likeness (QED) is 0.301. The average Bonchev–Trinajstić information content (AvgIpc) is 2.88. The number of nitrogens with zero attached hydrogens (tertiary/aromatic N) is 2. The third-order valence-corrected chi connectivity index (χ3v) is 5.19. The van der Waals surface area contributed by atoms with E-state index < -0.39 is 17.6 Å². The molecule has 0 spiro atoms.